The van der Waals surface area contributed by atoms with Crippen molar-refractivity contribution < 1.29 is 41.0 Å². The summed E-state index contributed by atoms with van der Waals surface area (Å²) in [6.07, 6.45) is -7.32. The number of rotatable bonds is 5. The zero-order valence-electron chi connectivity index (χ0n) is 21.5. The van der Waals surface area contributed by atoms with Crippen LogP contribution in [-0.2, 0) is 10.3 Å². The van der Waals surface area contributed by atoms with Crippen molar-refractivity contribution in [2.75, 3.05) is 12.3 Å². The van der Waals surface area contributed by atoms with Gasteiger partial charge in [0, 0.05) is 35.3 Å². The summed E-state index contributed by atoms with van der Waals surface area (Å²) in [5, 5.41) is 13.5. The van der Waals surface area contributed by atoms with Crippen molar-refractivity contribution >= 4 is 23.2 Å². The van der Waals surface area contributed by atoms with Gasteiger partial charge in [-0.2, -0.15) is 36.0 Å². The fourth-order valence-electron chi connectivity index (χ4n) is 6.02. The first kappa shape index (κ1) is 28.7. The Hall–Kier alpha value is -3.79. The van der Waals surface area contributed by atoms with E-state index in [1.54, 1.807) is 4.90 Å². The molecule has 0 aromatic carbocycles. The van der Waals surface area contributed by atoms with Crippen molar-refractivity contribution in [2.45, 2.75) is 68.5 Å². The van der Waals surface area contributed by atoms with E-state index in [0.717, 1.165) is 12.3 Å². The van der Waals surface area contributed by atoms with E-state index in [1.165, 1.54) is 17.6 Å². The maximum absolute atomic E-state index is 13.4. The van der Waals surface area contributed by atoms with Crippen LogP contribution in [0.25, 0.3) is 16.8 Å². The van der Waals surface area contributed by atoms with Gasteiger partial charge in [-0.1, -0.05) is 6.07 Å². The van der Waals surface area contributed by atoms with Gasteiger partial charge in [-0.05, 0) is 38.7 Å². The van der Waals surface area contributed by atoms with Crippen molar-refractivity contribution in [1.29, 1.82) is 0 Å². The number of hydrogen-bond acceptors (Lipinski definition) is 8. The van der Waals surface area contributed by atoms with Crippen LogP contribution in [0.3, 0.4) is 0 Å². The summed E-state index contributed by atoms with van der Waals surface area (Å²) in [4.78, 5) is 34.7. The highest BCUT2D eigenvalue weighted by Gasteiger charge is 2.70. The van der Waals surface area contributed by atoms with Gasteiger partial charge in [-0.25, -0.2) is 4.98 Å². The van der Waals surface area contributed by atoms with E-state index >= 15 is 0 Å². The van der Waals surface area contributed by atoms with E-state index < -0.39 is 30.2 Å². The number of alkyl halides is 6. The predicted molar refractivity (Wildman–Crippen MR) is 131 cm³/mol. The molecule has 0 spiro atoms. The number of carbonyl (C=O) groups excluding carboxylic acids is 2. The molecule has 2 fully saturated rings. The molecule has 2 bridgehead atoms. The lowest BCUT2D eigenvalue weighted by Gasteiger charge is -2.39. The topological polar surface area (TPSA) is 153 Å². The van der Waals surface area contributed by atoms with Crippen LogP contribution >= 0.6 is 0 Å². The molecule has 3 aromatic rings. The van der Waals surface area contributed by atoms with Crippen LogP contribution in [0.2, 0.25) is 0 Å². The Kier molecular flexibility index (Phi) is 6.76. The Morgan fingerprint density at radius 1 is 1.05 bits per heavy atom. The largest absolute Gasteiger partial charge is 0.421 e. The molecular formula is C25H25F6N7O3. The molecule has 5 rings (SSSR count). The lowest BCUT2D eigenvalue weighted by atomic mass is 9.85. The van der Waals surface area contributed by atoms with Crippen LogP contribution in [0.1, 0.15) is 60.3 Å². The number of aliphatic hydroxyl groups is 1. The number of fused-ring (bicyclic) bond motifs is 3. The van der Waals surface area contributed by atoms with Crippen LogP contribution in [0, 0.1) is 0 Å². The number of ketones is 1. The molecule has 16 heteroatoms. The van der Waals surface area contributed by atoms with E-state index in [2.05, 4.69) is 15.1 Å². The van der Waals surface area contributed by atoms with Crippen LogP contribution in [0.4, 0.5) is 32.2 Å². The summed E-state index contributed by atoms with van der Waals surface area (Å²) in [6.45, 7) is 0.700. The summed E-state index contributed by atoms with van der Waals surface area (Å²) < 4.78 is 81.6. The Labute approximate surface area is 228 Å². The second-order valence-electron chi connectivity index (χ2n) is 10.4. The van der Waals surface area contributed by atoms with Gasteiger partial charge in [0.15, 0.2) is 11.4 Å². The predicted octanol–water partition coefficient (Wildman–Crippen LogP) is 3.08. The number of piperidine rings is 1. The zero-order valence-corrected chi connectivity index (χ0v) is 21.5. The molecular weight excluding hydrogens is 560 g/mol. The third kappa shape index (κ3) is 4.39. The molecule has 41 heavy (non-hydrogen) atoms. The van der Waals surface area contributed by atoms with Gasteiger partial charge >= 0.3 is 12.4 Å². The fourth-order valence-corrected chi connectivity index (χ4v) is 6.02. The Morgan fingerprint density at radius 2 is 1.66 bits per heavy atom. The van der Waals surface area contributed by atoms with Gasteiger partial charge in [0.05, 0.1) is 23.1 Å². The molecule has 2 aliphatic heterocycles. The Bertz CT molecular complexity index is 1490. The minimum atomic E-state index is -5.87. The second kappa shape index (κ2) is 9.65. The molecule has 5 heterocycles. The average molecular weight is 586 g/mol. The first-order valence-corrected chi connectivity index (χ1v) is 12.6. The second-order valence-corrected chi connectivity index (χ2v) is 10.4. The quantitative estimate of drug-likeness (QED) is 0.305. The lowest BCUT2D eigenvalue weighted by molar-refractivity contribution is -0.303. The number of aromatic nitrogens is 4. The molecule has 3 atom stereocenters. The van der Waals surface area contributed by atoms with Gasteiger partial charge in [0.2, 0.25) is 5.91 Å². The average Bonchev–Trinajstić information content (AvgIpc) is 3.44. The first-order valence-electron chi connectivity index (χ1n) is 12.6. The number of hydrogen-bond donors (Lipinski definition) is 3. The minimum absolute atomic E-state index is 0.0374. The molecule has 1 amide bonds. The summed E-state index contributed by atoms with van der Waals surface area (Å²) in [5.74, 6) is -1.09. The van der Waals surface area contributed by atoms with Crippen LogP contribution in [0.15, 0.2) is 24.5 Å². The van der Waals surface area contributed by atoms with E-state index in [1.807, 2.05) is 0 Å². The standard InChI is InChI=1S/C25H25F6N7O3/c1-11(40)19-20(13-6-14-3-4-15(7-13)37(14)18(41)10-39)36-22-16(9-35-38(22)21(19)32)12-2-5-17(34-8-12)23(33,24(26,27)28)25(29,30)31/h2,5,8-9,13-15,39H,3-4,6-7,10,32-33H2,1H3/t13?,14-,15+. The molecule has 0 radical (unpaired) electrons. The monoisotopic (exact) mass is 585 g/mol. The normalized spacial score (nSPS) is 21.5. The van der Waals surface area contributed by atoms with Crippen molar-refractivity contribution in [3.8, 4) is 11.1 Å². The van der Waals surface area contributed by atoms with Crippen LogP contribution in [-0.4, -0.2) is 72.3 Å². The van der Waals surface area contributed by atoms with Crippen molar-refractivity contribution in [3.63, 3.8) is 0 Å². The van der Waals surface area contributed by atoms with Gasteiger partial charge in [-0.15, -0.1) is 0 Å². The number of nitrogens with zero attached hydrogens (tertiary/aromatic N) is 5. The Morgan fingerprint density at radius 3 is 2.15 bits per heavy atom. The zero-order chi connectivity index (χ0) is 30.1. The SMILES string of the molecule is CC(=O)c1c(C2C[C@H]3CC[C@@H](C2)N3C(=O)CO)nc2c(-c3ccc(C(N)(C(F)(F)F)C(F)(F)F)nc3)cnn2c1N. The number of halogens is 6. The number of pyridine rings is 1. The summed E-state index contributed by atoms with van der Waals surface area (Å²) >= 11 is 0. The summed E-state index contributed by atoms with van der Waals surface area (Å²) in [6, 6.07) is 1.20. The number of anilines is 1. The smallest absolute Gasteiger partial charge is 0.387 e. The van der Waals surface area contributed by atoms with Crippen molar-refractivity contribution in [3.05, 3.63) is 41.5 Å². The van der Waals surface area contributed by atoms with E-state index in [0.29, 0.717) is 37.4 Å². The molecule has 3 aromatic heterocycles. The number of Topliss-reactive ketones (excluding diaryl/α,β-unsaturated/α-hetero) is 1. The third-order valence-corrected chi connectivity index (χ3v) is 7.98. The highest BCUT2D eigenvalue weighted by Crippen LogP contribution is 2.48. The number of nitrogen functional groups attached to an aromatic ring is 1. The molecule has 1 unspecified atom stereocenters. The number of nitrogens with two attached hydrogens (primary N) is 2. The van der Waals surface area contributed by atoms with E-state index in [9.17, 15) is 41.0 Å². The molecule has 0 saturated carbocycles. The van der Waals surface area contributed by atoms with Gasteiger partial charge < -0.3 is 21.5 Å². The van der Waals surface area contributed by atoms with Gasteiger partial charge in [0.1, 0.15) is 12.4 Å². The van der Waals surface area contributed by atoms with Crippen molar-refractivity contribution in [2.24, 2.45) is 5.73 Å². The molecule has 10 nitrogen and oxygen atoms in total. The molecule has 5 N–H and O–H groups in total. The third-order valence-electron chi connectivity index (χ3n) is 7.98. The van der Waals surface area contributed by atoms with E-state index in [4.69, 9.17) is 11.5 Å². The van der Waals surface area contributed by atoms with Gasteiger partial charge in [0.25, 0.3) is 5.54 Å². The molecule has 2 saturated heterocycles. The lowest BCUT2D eigenvalue weighted by Crippen LogP contribution is -2.61. The number of amides is 1. The van der Waals surface area contributed by atoms with Gasteiger partial charge in [-0.3, -0.25) is 14.6 Å². The highest BCUT2D eigenvalue weighted by molar-refractivity contribution is 6.00. The van der Waals surface area contributed by atoms with Crippen LogP contribution < -0.4 is 11.5 Å². The highest BCUT2D eigenvalue weighted by atomic mass is 19.4. The summed E-state index contributed by atoms with van der Waals surface area (Å²) in [5.41, 5.74) is 5.95. The molecule has 0 aliphatic carbocycles. The van der Waals surface area contributed by atoms with Crippen molar-refractivity contribution in [1.82, 2.24) is 24.5 Å². The van der Waals surface area contributed by atoms with E-state index in [-0.39, 0.29) is 57.8 Å². The van der Waals surface area contributed by atoms with Crippen LogP contribution in [0.5, 0.6) is 0 Å². The number of carbonyl (C=O) groups is 2. The molecule has 2 aliphatic rings. The number of aliphatic hydroxyl groups excluding tert-OH is 1. The minimum Gasteiger partial charge on any atom is -0.387 e. The Balaban J connectivity index is 1.58. The fraction of sp³-hybridized carbons (Fsp3) is 0.480. The first-order chi connectivity index (χ1) is 19.1. The maximum atomic E-state index is 13.4. The molecule has 220 valence electrons. The summed E-state index contributed by atoms with van der Waals surface area (Å²) in [7, 11) is 0. The maximum Gasteiger partial charge on any atom is 0.421 e.